The van der Waals surface area contributed by atoms with Crippen molar-refractivity contribution in [2.45, 2.75) is 302 Å². The highest BCUT2D eigenvalue weighted by Crippen LogP contribution is 2.38. The number of nitrogens with zero attached hydrogens (tertiary/aromatic N) is 1. The summed E-state index contributed by atoms with van der Waals surface area (Å²) < 4.78 is 23.3. The number of carbonyl (C=O) groups is 1. The van der Waals surface area contributed by atoms with Crippen molar-refractivity contribution >= 4 is 13.7 Å². The van der Waals surface area contributed by atoms with E-state index in [1.54, 1.807) is 6.08 Å². The lowest BCUT2D eigenvalue weighted by Gasteiger charge is -2.29. The quantitative estimate of drug-likeness (QED) is 0.0272. The molecular weight excluding hydrogens is 900 g/mol. The molecule has 71 heavy (non-hydrogen) atoms. The van der Waals surface area contributed by atoms with Crippen molar-refractivity contribution in [2.24, 2.45) is 0 Å². The minimum atomic E-state index is -4.61. The van der Waals surface area contributed by atoms with Crippen LogP contribution in [-0.4, -0.2) is 68.5 Å². The van der Waals surface area contributed by atoms with E-state index in [9.17, 15) is 19.4 Å². The van der Waals surface area contributed by atoms with Gasteiger partial charge in [-0.25, -0.2) is 0 Å². The number of rotatable bonds is 56. The maximum Gasteiger partial charge on any atom is 0.268 e. The minimum absolute atomic E-state index is 0.00879. The second-order valence-electron chi connectivity index (χ2n) is 22.0. The van der Waals surface area contributed by atoms with Crippen LogP contribution >= 0.6 is 7.82 Å². The van der Waals surface area contributed by atoms with Crippen LogP contribution in [-0.2, 0) is 18.4 Å². The molecule has 0 aliphatic rings. The Hall–Kier alpha value is -1.54. The first kappa shape index (κ1) is 69.5. The number of aliphatic hydroxyl groups is 1. The van der Waals surface area contributed by atoms with Gasteiger partial charge >= 0.3 is 0 Å². The molecule has 0 rings (SSSR count). The molecule has 0 aromatic carbocycles. The molecule has 0 aliphatic carbocycles. The molecule has 0 bridgehead atoms. The van der Waals surface area contributed by atoms with E-state index in [0.717, 1.165) is 44.9 Å². The van der Waals surface area contributed by atoms with E-state index in [2.05, 4.69) is 55.6 Å². The number of hydrogen-bond donors (Lipinski definition) is 2. The van der Waals surface area contributed by atoms with Gasteiger partial charge in [0, 0.05) is 6.42 Å². The SMILES string of the molecule is CCCCCCCCCC/C=C/CC/C=C/CC/C=C/C(O)C(COP(=O)([O-])OCC[N+](C)(C)C)NC(=O)CCCCCCCCCCCCCCCCC/C=C\CCCCCCCCCCCCCC. The summed E-state index contributed by atoms with van der Waals surface area (Å²) in [6.07, 6.45) is 70.7. The van der Waals surface area contributed by atoms with Gasteiger partial charge in [0.2, 0.25) is 5.91 Å². The summed E-state index contributed by atoms with van der Waals surface area (Å²) in [5.74, 6) is -0.208. The zero-order valence-electron chi connectivity index (χ0n) is 47.7. The van der Waals surface area contributed by atoms with Gasteiger partial charge in [-0.2, -0.15) is 0 Å². The highest BCUT2D eigenvalue weighted by Gasteiger charge is 2.23. The first-order valence-corrected chi connectivity index (χ1v) is 32.0. The average Bonchev–Trinajstić information content (AvgIpc) is 3.33. The molecule has 0 saturated carbocycles. The number of quaternary nitrogens is 1. The monoisotopic (exact) mass is 1020 g/mol. The van der Waals surface area contributed by atoms with E-state index in [0.29, 0.717) is 17.4 Å². The Bertz CT molecular complexity index is 1290. The van der Waals surface area contributed by atoms with Crippen molar-refractivity contribution in [2.75, 3.05) is 40.9 Å². The number of aliphatic hydroxyl groups excluding tert-OH is 1. The molecule has 8 nitrogen and oxygen atoms in total. The Kier molecular flexibility index (Phi) is 52.1. The third kappa shape index (κ3) is 56.0. The third-order valence-electron chi connectivity index (χ3n) is 13.7. The van der Waals surface area contributed by atoms with E-state index in [1.807, 2.05) is 27.2 Å². The lowest BCUT2D eigenvalue weighted by atomic mass is 10.0. The summed E-state index contributed by atoms with van der Waals surface area (Å²) in [4.78, 5) is 25.5. The Morgan fingerprint density at radius 3 is 1.14 bits per heavy atom. The Labute approximate surface area is 441 Å². The van der Waals surface area contributed by atoms with Crippen LogP contribution in [0.15, 0.2) is 48.6 Å². The zero-order valence-corrected chi connectivity index (χ0v) is 48.6. The summed E-state index contributed by atoms with van der Waals surface area (Å²) >= 11 is 0. The Balaban J connectivity index is 4.13. The Morgan fingerprint density at radius 2 is 0.789 bits per heavy atom. The van der Waals surface area contributed by atoms with Crippen molar-refractivity contribution < 1.29 is 32.9 Å². The molecule has 1 amide bonds. The second-order valence-corrected chi connectivity index (χ2v) is 23.4. The normalized spacial score (nSPS) is 14.2. The highest BCUT2D eigenvalue weighted by molar-refractivity contribution is 7.45. The van der Waals surface area contributed by atoms with Crippen LogP contribution in [0.2, 0.25) is 0 Å². The van der Waals surface area contributed by atoms with E-state index in [-0.39, 0.29) is 12.5 Å². The number of hydrogen-bond acceptors (Lipinski definition) is 6. The molecule has 0 aromatic heterocycles. The smallest absolute Gasteiger partial charge is 0.268 e. The number of phosphoric acid groups is 1. The van der Waals surface area contributed by atoms with Gasteiger partial charge in [0.15, 0.2) is 0 Å². The van der Waals surface area contributed by atoms with E-state index in [4.69, 9.17) is 9.05 Å². The largest absolute Gasteiger partial charge is 0.756 e. The van der Waals surface area contributed by atoms with Gasteiger partial charge in [-0.1, -0.05) is 262 Å². The summed E-state index contributed by atoms with van der Waals surface area (Å²) in [5.41, 5.74) is 0. The van der Waals surface area contributed by atoms with Crippen LogP contribution < -0.4 is 10.2 Å². The van der Waals surface area contributed by atoms with Crippen molar-refractivity contribution in [1.29, 1.82) is 0 Å². The fourth-order valence-electron chi connectivity index (χ4n) is 8.95. The number of likely N-dealkylation sites (N-methyl/N-ethyl adjacent to an activating group) is 1. The van der Waals surface area contributed by atoms with Crippen LogP contribution in [0.1, 0.15) is 290 Å². The van der Waals surface area contributed by atoms with Crippen molar-refractivity contribution in [3.63, 3.8) is 0 Å². The van der Waals surface area contributed by atoms with Crippen molar-refractivity contribution in [3.05, 3.63) is 48.6 Å². The standard InChI is InChI=1S/C62H119N2O6P/c1-6-8-10-12-14-16-18-20-22-24-26-27-28-29-30-31-32-33-34-35-36-37-38-40-42-44-46-48-50-52-54-56-62(66)63-60(59-70-71(67,68)69-58-57-64(3,4)5)61(65)55-53-51-49-47-45-43-41-39-25-23-21-19-17-15-13-11-9-7-2/h25,29-30,39,45,47,53,55,60-61,65H,6-24,26-28,31-38,40-44,46,48-52,54,56-59H2,1-5H3,(H-,63,66,67,68)/b30-29-,39-25+,47-45+,55-53+. The lowest BCUT2D eigenvalue weighted by molar-refractivity contribution is -0.870. The number of allylic oxidation sites excluding steroid dienone is 7. The first-order valence-electron chi connectivity index (χ1n) is 30.5. The number of nitrogens with one attached hydrogen (secondary N) is 1. The van der Waals surface area contributed by atoms with Crippen LogP contribution in [0.4, 0.5) is 0 Å². The van der Waals surface area contributed by atoms with Crippen LogP contribution in [0.5, 0.6) is 0 Å². The first-order chi connectivity index (χ1) is 34.5. The number of carbonyl (C=O) groups excluding carboxylic acids is 1. The molecule has 0 spiro atoms. The predicted octanol–water partition coefficient (Wildman–Crippen LogP) is 18.1. The van der Waals surface area contributed by atoms with Crippen LogP contribution in [0.3, 0.4) is 0 Å². The zero-order chi connectivity index (χ0) is 52.0. The van der Waals surface area contributed by atoms with Crippen molar-refractivity contribution in [1.82, 2.24) is 5.32 Å². The van der Waals surface area contributed by atoms with Gasteiger partial charge in [-0.15, -0.1) is 0 Å². The molecule has 9 heteroatoms. The number of phosphoric ester groups is 1. The summed E-state index contributed by atoms with van der Waals surface area (Å²) in [6.45, 7) is 4.65. The second kappa shape index (κ2) is 53.3. The molecular formula is C62H119N2O6P. The maximum absolute atomic E-state index is 13.0. The van der Waals surface area contributed by atoms with E-state index >= 15 is 0 Å². The van der Waals surface area contributed by atoms with E-state index in [1.165, 1.54) is 225 Å². The predicted molar refractivity (Wildman–Crippen MR) is 307 cm³/mol. The van der Waals surface area contributed by atoms with Crippen LogP contribution in [0, 0.1) is 0 Å². The molecule has 3 atom stereocenters. The highest BCUT2D eigenvalue weighted by atomic mass is 31.2. The van der Waals surface area contributed by atoms with Gasteiger partial charge in [0.25, 0.3) is 7.82 Å². The van der Waals surface area contributed by atoms with Gasteiger partial charge < -0.3 is 28.8 Å². The molecule has 418 valence electrons. The molecule has 3 unspecified atom stereocenters. The van der Waals surface area contributed by atoms with Gasteiger partial charge in [0.05, 0.1) is 39.9 Å². The summed E-state index contributed by atoms with van der Waals surface area (Å²) in [5, 5.41) is 13.9. The number of amides is 1. The third-order valence-corrected chi connectivity index (χ3v) is 14.7. The maximum atomic E-state index is 13.0. The molecule has 0 aliphatic heterocycles. The Morgan fingerprint density at radius 1 is 0.479 bits per heavy atom. The molecule has 0 fully saturated rings. The topological polar surface area (TPSA) is 108 Å². The average molecular weight is 1020 g/mol. The summed E-state index contributed by atoms with van der Waals surface area (Å²) in [7, 11) is 1.24. The molecule has 0 heterocycles. The number of unbranched alkanes of at least 4 members (excludes halogenated alkanes) is 37. The molecule has 0 radical (unpaired) electrons. The molecule has 2 N–H and O–H groups in total. The van der Waals surface area contributed by atoms with Crippen LogP contribution in [0.25, 0.3) is 0 Å². The van der Waals surface area contributed by atoms with Crippen molar-refractivity contribution in [3.8, 4) is 0 Å². The lowest BCUT2D eigenvalue weighted by Crippen LogP contribution is -2.45. The minimum Gasteiger partial charge on any atom is -0.756 e. The fourth-order valence-corrected chi connectivity index (χ4v) is 9.67. The van der Waals surface area contributed by atoms with Gasteiger partial charge in [-0.3, -0.25) is 9.36 Å². The van der Waals surface area contributed by atoms with E-state index < -0.39 is 26.6 Å². The van der Waals surface area contributed by atoms with Gasteiger partial charge in [0.1, 0.15) is 13.2 Å². The molecule has 0 saturated heterocycles. The summed E-state index contributed by atoms with van der Waals surface area (Å²) in [6, 6.07) is -0.910. The fraction of sp³-hybridized carbons (Fsp3) is 0.855. The molecule has 0 aromatic rings. The van der Waals surface area contributed by atoms with Gasteiger partial charge in [-0.05, 0) is 70.6 Å².